The number of carbonyl (C=O) groups is 10. The van der Waals surface area contributed by atoms with Crippen molar-refractivity contribution in [2.75, 3.05) is 53.0 Å². The number of aromatic hydroxyl groups is 3. The molecule has 13 rings (SSSR count). The second-order valence-corrected chi connectivity index (χ2v) is 41.1. The van der Waals surface area contributed by atoms with Gasteiger partial charge < -0.3 is 162 Å². The lowest BCUT2D eigenvalue weighted by Gasteiger charge is -2.48. The van der Waals surface area contributed by atoms with E-state index in [0.717, 1.165) is 99.3 Å². The monoisotopic (exact) mass is 2070 g/mol. The van der Waals surface area contributed by atoms with Gasteiger partial charge in [0, 0.05) is 66.8 Å². The van der Waals surface area contributed by atoms with Crippen molar-refractivity contribution in [3.8, 4) is 62.9 Å². The number of hydrogen-bond donors (Lipinski definition) is 24. The predicted octanol–water partition coefficient (Wildman–Crippen LogP) is 4.58. The summed E-state index contributed by atoms with van der Waals surface area (Å²) in [5.41, 5.74) is 0.497. The van der Waals surface area contributed by atoms with Crippen LogP contribution in [0.2, 0.25) is 10.0 Å². The van der Waals surface area contributed by atoms with Crippen LogP contribution in [0.5, 0.6) is 51.7 Å². The van der Waals surface area contributed by atoms with Gasteiger partial charge in [0.2, 0.25) is 53.4 Å². The number of hydrogen-bond acceptors (Lipinski definition) is 32. The molecule has 7 heterocycles. The molecule has 0 saturated carbocycles. The van der Waals surface area contributed by atoms with E-state index < -0.39 is 311 Å². The molecule has 6 aromatic carbocycles. The second-order valence-electron chi connectivity index (χ2n) is 36.3. The molecule has 0 aromatic heterocycles. The number of ketones is 1. The Morgan fingerprint density at radius 2 is 1.30 bits per heavy atom. The highest BCUT2D eigenvalue weighted by Crippen LogP contribution is 2.62. The van der Waals surface area contributed by atoms with Gasteiger partial charge >= 0.3 is 21.2 Å². The summed E-state index contributed by atoms with van der Waals surface area (Å²) in [5, 5.41) is 142. The lowest BCUT2D eigenvalue weighted by molar-refractivity contribution is -0.334. The zero-order valence-corrected chi connectivity index (χ0v) is 81.8. The lowest BCUT2D eigenvalue weighted by Crippen LogP contribution is -2.65. The highest BCUT2D eigenvalue weighted by atomic mass is 35.5. The van der Waals surface area contributed by atoms with Crippen molar-refractivity contribution in [3.63, 3.8) is 0 Å². The number of Topliss-reactive ketones (excluding diaryl/α,β-unsaturated/α-hetero) is 1. The molecule has 7 aliphatic heterocycles. The Morgan fingerprint density at radius 3 is 1.90 bits per heavy atom. The van der Waals surface area contributed by atoms with E-state index in [1.807, 2.05) is 0 Å². The van der Waals surface area contributed by atoms with Crippen molar-refractivity contribution in [1.29, 1.82) is 0 Å². The fraction of sp³-hybridized carbons (Fsp3) is 0.511. The van der Waals surface area contributed by atoms with Crippen LogP contribution in [-0.4, -0.2) is 272 Å². The van der Waals surface area contributed by atoms with Crippen molar-refractivity contribution in [3.05, 3.63) is 146 Å². The van der Waals surface area contributed by atoms with Crippen LogP contribution in [0.1, 0.15) is 199 Å². The highest BCUT2D eigenvalue weighted by molar-refractivity contribution is 7.70. The van der Waals surface area contributed by atoms with E-state index in [9.17, 15) is 104 Å². The number of carboxylic acid groups (broad SMARTS) is 1. The number of amides is 7. The maximum absolute atomic E-state index is 16.6. The first-order valence-corrected chi connectivity index (χ1v) is 50.5. The summed E-state index contributed by atoms with van der Waals surface area (Å²) in [6.07, 6.45) is -10.8. The van der Waals surface area contributed by atoms with Gasteiger partial charge in [-0.05, 0) is 160 Å². The van der Waals surface area contributed by atoms with Gasteiger partial charge in [-0.1, -0.05) is 107 Å². The molecule has 2 saturated heterocycles. The number of aliphatic hydroxyl groups is 6. The molecule has 7 aliphatic rings. The number of nitrogens with two attached hydrogens (primary N) is 1. The molecule has 776 valence electrons. The molecule has 142 heavy (non-hydrogen) atoms. The number of aldehydes is 1. The quantitative estimate of drug-likeness (QED) is 0.0108. The Balaban J connectivity index is 1.04. The minimum absolute atomic E-state index is 0.0715. The van der Waals surface area contributed by atoms with Gasteiger partial charge in [-0.2, -0.15) is 0 Å². The zero-order chi connectivity index (χ0) is 104. The summed E-state index contributed by atoms with van der Waals surface area (Å²) in [6.45, 7) is 7.80. The van der Waals surface area contributed by atoms with Crippen LogP contribution in [0, 0.1) is 5.92 Å². The highest BCUT2D eigenvalue weighted by Gasteiger charge is 2.53. The number of rotatable bonds is 41. The minimum atomic E-state index is -5.21. The number of aliphatic carboxylic acids is 1. The summed E-state index contributed by atoms with van der Waals surface area (Å²) < 4.78 is 68.8. The van der Waals surface area contributed by atoms with E-state index in [2.05, 4.69) is 54.8 Å². The van der Waals surface area contributed by atoms with Gasteiger partial charge in [-0.3, -0.25) is 52.4 Å². The summed E-state index contributed by atoms with van der Waals surface area (Å²) in [6, 6.07) is 2.60. The third-order valence-electron chi connectivity index (χ3n) is 25.2. The number of likely N-dealkylation sites (N-methyl/N-ethyl adjacent to an activating group) is 1. The number of phenolic OH excluding ortho intramolecular Hbond substituents is 3. The zero-order valence-electron chi connectivity index (χ0n) is 78.5. The first-order valence-electron chi connectivity index (χ1n) is 46.4. The van der Waals surface area contributed by atoms with Crippen molar-refractivity contribution in [2.45, 2.75) is 246 Å². The van der Waals surface area contributed by atoms with Crippen molar-refractivity contribution in [2.24, 2.45) is 11.7 Å². The maximum atomic E-state index is 16.6. The Morgan fingerprint density at radius 1 is 0.690 bits per heavy atom. The normalized spacial score (nSPS) is 24.6. The topological polar surface area (TPSA) is 690 Å². The number of benzene rings is 6. The SMILES string of the molecule is CCCCCCCCCCNCCN[C@@]1(C)CC(OC2C(Oc3c4cc5cc3Oc3ccc(cc3Cl)[C@H](O)C(NC(=O)C(CC(C)C)NC)C(=O)NC(CC(N)=O)C(=O)NC5C(=O)NC3C(=O)NC(C(=O)N[C@@H](C(=O)O)c5cc(O)c(CN(CC=O)CCC(=O)c6ccc(OCCCC(P(=O)(O)O)P(=O)(O)O)cc6)c(O)c5-c5cc3ccc5O)[C@H](O)c3ccc(c(Cl)c3)O4)OC(CO)C(O)C2O)OC(C)C1O. The number of primary amides is 1. The number of carboxylic acids is 1. The molecule has 18 atom stereocenters. The number of carbonyl (C=O) groups excluding carboxylic acids is 9. The molecule has 0 spiro atoms. The Hall–Kier alpha value is -10.6. The summed E-state index contributed by atoms with van der Waals surface area (Å²) in [7, 11) is -8.97. The fourth-order valence-electron chi connectivity index (χ4n) is 17.5. The number of unbranched alkanes of at least 4 members (excludes halogenated alkanes) is 7. The van der Waals surface area contributed by atoms with E-state index >= 15 is 24.0 Å². The van der Waals surface area contributed by atoms with Crippen molar-refractivity contribution >= 4 is 97.8 Å². The van der Waals surface area contributed by atoms with E-state index in [4.69, 9.17) is 62.1 Å². The molecule has 7 amide bonds. The molecular formula is C94H123Cl2N11O33P2. The molecule has 48 heteroatoms. The van der Waals surface area contributed by atoms with Crippen molar-refractivity contribution in [1.82, 2.24) is 52.8 Å². The van der Waals surface area contributed by atoms with Crippen LogP contribution in [0.3, 0.4) is 0 Å². The van der Waals surface area contributed by atoms with E-state index in [1.54, 1.807) is 27.7 Å². The van der Waals surface area contributed by atoms with Gasteiger partial charge in [0.1, 0.15) is 102 Å². The number of nitrogens with one attached hydrogen (secondary N) is 9. The van der Waals surface area contributed by atoms with Gasteiger partial charge in [-0.15, -0.1) is 0 Å². The molecule has 14 unspecified atom stereocenters. The molecule has 25 N–H and O–H groups in total. The first kappa shape index (κ1) is 112. The Kier molecular flexibility index (Phi) is 39.2. The van der Waals surface area contributed by atoms with Crippen LogP contribution in [0.15, 0.2) is 97.1 Å². The average Bonchev–Trinajstić information content (AvgIpc) is 0.753. The third-order valence-corrected chi connectivity index (χ3v) is 29.7. The summed E-state index contributed by atoms with van der Waals surface area (Å²) in [4.78, 5) is 186. The largest absolute Gasteiger partial charge is 0.507 e. The van der Waals surface area contributed by atoms with Gasteiger partial charge in [0.15, 0.2) is 41.1 Å². The van der Waals surface area contributed by atoms with Crippen LogP contribution >= 0.6 is 38.4 Å². The van der Waals surface area contributed by atoms with E-state index in [-0.39, 0.29) is 60.8 Å². The van der Waals surface area contributed by atoms with E-state index in [0.29, 0.717) is 19.4 Å². The molecular weight excluding hydrogens is 1940 g/mol. The van der Waals surface area contributed by atoms with Crippen LogP contribution < -0.4 is 72.5 Å². The number of phenols is 3. The minimum Gasteiger partial charge on any atom is -0.507 e. The molecule has 6 aromatic rings. The number of nitrogens with zero attached hydrogens (tertiary/aromatic N) is 1. The van der Waals surface area contributed by atoms with Crippen LogP contribution in [-0.2, 0) is 73.0 Å². The molecule has 0 aliphatic carbocycles. The first-order chi connectivity index (χ1) is 67.3. The average molecular weight is 2070 g/mol. The molecule has 0 radical (unpaired) electrons. The van der Waals surface area contributed by atoms with Gasteiger partial charge in [0.05, 0.1) is 60.0 Å². The van der Waals surface area contributed by atoms with Gasteiger partial charge in [-0.25, -0.2) is 4.79 Å². The molecule has 44 nitrogen and oxygen atoms in total. The fourth-order valence-corrected chi connectivity index (χ4v) is 20.6. The molecule has 11 bridgehead atoms. The third kappa shape index (κ3) is 28.1. The predicted molar refractivity (Wildman–Crippen MR) is 508 cm³/mol. The maximum Gasteiger partial charge on any atom is 0.340 e. The number of halogens is 2. The number of aliphatic hydroxyl groups excluding tert-OH is 6. The number of fused-ring (bicyclic) bond motifs is 15. The number of ether oxygens (including phenoxy) is 7. The standard InChI is InChI=1S/C94H123Cl2N11O33P2/c1-7-8-9-10-11-12-13-14-28-99-29-30-100-94(5)43-70(135-47(4)85(94)119)139-84-82(118)81(117)68(45-109)138-93(84)140-83-66-39-52-40-67(83)137-65-26-21-51(38-58(65)96)79(115)77-91(125)104-75(92(126)127)55-41-63(112)56(44-107(32-33-108)31-27-61(110)48-17-22-53(23-18-48)134-34-15-16-71(141(128,129)130)142(131,132)133)80(116)72(55)54-36-49(19-24-62(54)111)73(88(122)106-77)103-89(123)74(52)102-87(121)60(42-69(97)113)101-90(124)76(105-86(120)59(98-6)35-46(2)3)78(114)50-20-25-64(136-66)57(95)37-50/h17-26,33,36-41,46-47,59-60,68,70-71,73-79,81-82,84-85,93,98-100,109,111-112,114-119H,7-16,27-32,34-35,42-45H2,1-6H3,(H2,97,113)(H,101,124)(H,102,121)(H,103,123)(H,104,125)(H,105,120)(H,106,122)(H,126,127)(H2,128,129,130)(H2,131,132,133)/t47?,59?,60?,68?,70?,73?,74?,75-,76?,77?,78+,79-,81?,82?,84?,85?,93?,94+/m1/s1. The van der Waals surface area contributed by atoms with Gasteiger partial charge in [0.25, 0.3) is 0 Å². The van der Waals surface area contributed by atoms with Crippen LogP contribution in [0.4, 0.5) is 0 Å². The smallest absolute Gasteiger partial charge is 0.340 e. The summed E-state index contributed by atoms with van der Waals surface area (Å²) >= 11 is 14.4. The summed E-state index contributed by atoms with van der Waals surface area (Å²) in [5.74, 6) is -17.9. The second kappa shape index (κ2) is 49.8. The van der Waals surface area contributed by atoms with E-state index in [1.165, 1.54) is 67.6 Å². The Bertz CT molecular complexity index is 5610. The lowest BCUT2D eigenvalue weighted by atomic mass is 9.85. The Labute approximate surface area is 826 Å². The van der Waals surface area contributed by atoms with Crippen LogP contribution in [0.25, 0.3) is 11.1 Å². The molecule has 2 fully saturated rings. The van der Waals surface area contributed by atoms with Crippen molar-refractivity contribution < 1.29 is 161 Å².